The van der Waals surface area contributed by atoms with Crippen molar-refractivity contribution in [3.63, 3.8) is 0 Å². The number of nitrogens with one attached hydrogen (secondary N) is 1. The molecule has 0 spiro atoms. The third kappa shape index (κ3) is 1.95. The summed E-state index contributed by atoms with van der Waals surface area (Å²) in [6.07, 6.45) is 8.72. The van der Waals surface area contributed by atoms with Crippen molar-refractivity contribution in [1.29, 1.82) is 0 Å². The lowest BCUT2D eigenvalue weighted by Crippen LogP contribution is -2.46. The van der Waals surface area contributed by atoms with Gasteiger partial charge in [-0.25, -0.2) is 0 Å². The molecule has 4 heteroatoms. The van der Waals surface area contributed by atoms with E-state index in [1.165, 1.54) is 38.4 Å². The topological polar surface area (TPSA) is 51.0 Å². The smallest absolute Gasteiger partial charge is 0.228 e. The van der Waals surface area contributed by atoms with Crippen molar-refractivity contribution < 1.29 is 4.52 Å². The van der Waals surface area contributed by atoms with Crippen LogP contribution in [0.1, 0.15) is 38.0 Å². The van der Waals surface area contributed by atoms with Crippen LogP contribution in [0.2, 0.25) is 0 Å². The summed E-state index contributed by atoms with van der Waals surface area (Å²) in [6.45, 7) is 0. The van der Waals surface area contributed by atoms with Gasteiger partial charge in [-0.1, -0.05) is 24.4 Å². The zero-order valence-corrected chi connectivity index (χ0v) is 8.62. The van der Waals surface area contributed by atoms with Gasteiger partial charge >= 0.3 is 0 Å². The molecule has 14 heavy (non-hydrogen) atoms. The number of nitrogens with zero attached hydrogens (tertiary/aromatic N) is 2. The minimum atomic E-state index is 0.199. The molecule has 0 aromatic carbocycles. The molecule has 0 amide bonds. The molecular formula is C10H17N3O. The van der Waals surface area contributed by atoms with Gasteiger partial charge < -0.3 is 9.84 Å². The molecule has 1 aliphatic carbocycles. The Hall–Kier alpha value is -0.900. The molecule has 0 saturated heterocycles. The summed E-state index contributed by atoms with van der Waals surface area (Å²) in [5.41, 5.74) is 0.199. The van der Waals surface area contributed by atoms with Crippen LogP contribution in [0.15, 0.2) is 10.9 Å². The fourth-order valence-corrected chi connectivity index (χ4v) is 2.31. The molecule has 1 saturated carbocycles. The third-order valence-electron chi connectivity index (χ3n) is 3.24. The summed E-state index contributed by atoms with van der Waals surface area (Å²) in [6, 6.07) is 0. The van der Waals surface area contributed by atoms with E-state index in [9.17, 15) is 0 Å². The average Bonchev–Trinajstić information content (AvgIpc) is 2.72. The van der Waals surface area contributed by atoms with Gasteiger partial charge in [-0.15, -0.1) is 0 Å². The quantitative estimate of drug-likeness (QED) is 0.794. The summed E-state index contributed by atoms with van der Waals surface area (Å²) in [4.78, 5) is 4.09. The first-order valence-corrected chi connectivity index (χ1v) is 5.29. The lowest BCUT2D eigenvalue weighted by atomic mass is 9.79. The first-order valence-electron chi connectivity index (χ1n) is 5.29. The van der Waals surface area contributed by atoms with Crippen LogP contribution in [0.5, 0.6) is 0 Å². The molecule has 1 aromatic rings. The largest absolute Gasteiger partial charge is 0.340 e. The zero-order valence-electron chi connectivity index (χ0n) is 8.62. The summed E-state index contributed by atoms with van der Waals surface area (Å²) < 4.78 is 5.06. The van der Waals surface area contributed by atoms with E-state index in [1.807, 2.05) is 7.05 Å². The second kappa shape index (κ2) is 4.09. The molecule has 1 aromatic heterocycles. The minimum absolute atomic E-state index is 0.199. The van der Waals surface area contributed by atoms with Crippen molar-refractivity contribution in [2.24, 2.45) is 0 Å². The van der Waals surface area contributed by atoms with Crippen molar-refractivity contribution in [3.8, 4) is 0 Å². The maximum absolute atomic E-state index is 5.06. The SMILES string of the molecule is CNC1(Cc2ncno2)CCCCC1. The second-order valence-electron chi connectivity index (χ2n) is 4.10. The van der Waals surface area contributed by atoms with Crippen molar-refractivity contribution in [3.05, 3.63) is 12.2 Å². The molecule has 0 aliphatic heterocycles. The normalized spacial score (nSPS) is 20.9. The van der Waals surface area contributed by atoms with Gasteiger partial charge in [0.2, 0.25) is 5.89 Å². The van der Waals surface area contributed by atoms with Crippen LogP contribution in [-0.2, 0) is 6.42 Å². The van der Waals surface area contributed by atoms with E-state index < -0.39 is 0 Å². The van der Waals surface area contributed by atoms with Gasteiger partial charge in [-0.3, -0.25) is 0 Å². The van der Waals surface area contributed by atoms with E-state index in [2.05, 4.69) is 15.5 Å². The summed E-state index contributed by atoms with van der Waals surface area (Å²) in [7, 11) is 2.03. The van der Waals surface area contributed by atoms with Gasteiger partial charge in [0.05, 0.1) is 0 Å². The zero-order chi connectivity index (χ0) is 9.86. The summed E-state index contributed by atoms with van der Waals surface area (Å²) in [5, 5.41) is 7.07. The Kier molecular flexibility index (Phi) is 2.82. The van der Waals surface area contributed by atoms with Gasteiger partial charge in [0.1, 0.15) is 0 Å². The van der Waals surface area contributed by atoms with Crippen LogP contribution in [0.4, 0.5) is 0 Å². The average molecular weight is 195 g/mol. The van der Waals surface area contributed by atoms with E-state index in [0.717, 1.165) is 12.3 Å². The lowest BCUT2D eigenvalue weighted by molar-refractivity contribution is 0.221. The van der Waals surface area contributed by atoms with Gasteiger partial charge in [0.15, 0.2) is 6.33 Å². The monoisotopic (exact) mass is 195 g/mol. The van der Waals surface area contributed by atoms with E-state index in [-0.39, 0.29) is 5.54 Å². The first-order chi connectivity index (χ1) is 6.85. The molecule has 0 unspecified atom stereocenters. The summed E-state index contributed by atoms with van der Waals surface area (Å²) >= 11 is 0. The Morgan fingerprint density at radius 3 is 2.79 bits per heavy atom. The van der Waals surface area contributed by atoms with E-state index >= 15 is 0 Å². The van der Waals surface area contributed by atoms with Gasteiger partial charge in [-0.2, -0.15) is 4.98 Å². The number of hydrogen-bond acceptors (Lipinski definition) is 4. The van der Waals surface area contributed by atoms with Gasteiger partial charge in [-0.05, 0) is 19.9 Å². The molecule has 1 fully saturated rings. The predicted octanol–water partition coefficient (Wildman–Crippen LogP) is 1.53. The fourth-order valence-electron chi connectivity index (χ4n) is 2.31. The molecule has 1 aliphatic rings. The van der Waals surface area contributed by atoms with Crippen molar-refractivity contribution in [2.75, 3.05) is 7.05 Å². The van der Waals surface area contributed by atoms with E-state index in [0.29, 0.717) is 0 Å². The molecular weight excluding hydrogens is 178 g/mol. The number of likely N-dealkylation sites (N-methyl/N-ethyl adjacent to an activating group) is 1. The highest BCUT2D eigenvalue weighted by Gasteiger charge is 2.31. The van der Waals surface area contributed by atoms with Crippen molar-refractivity contribution in [1.82, 2.24) is 15.5 Å². The van der Waals surface area contributed by atoms with Gasteiger partial charge in [0.25, 0.3) is 0 Å². The predicted molar refractivity (Wildman–Crippen MR) is 52.9 cm³/mol. The minimum Gasteiger partial charge on any atom is -0.340 e. The molecule has 1 heterocycles. The second-order valence-corrected chi connectivity index (χ2v) is 4.10. The van der Waals surface area contributed by atoms with Crippen LogP contribution in [-0.4, -0.2) is 22.7 Å². The first kappa shape index (κ1) is 9.65. The Balaban J connectivity index is 2.04. The van der Waals surface area contributed by atoms with Gasteiger partial charge in [0, 0.05) is 12.0 Å². The number of aromatic nitrogens is 2. The Morgan fingerprint density at radius 2 is 2.21 bits per heavy atom. The van der Waals surface area contributed by atoms with E-state index in [1.54, 1.807) is 0 Å². The van der Waals surface area contributed by atoms with E-state index in [4.69, 9.17) is 4.52 Å². The molecule has 4 nitrogen and oxygen atoms in total. The van der Waals surface area contributed by atoms with Crippen LogP contribution in [0.25, 0.3) is 0 Å². The van der Waals surface area contributed by atoms with Crippen LogP contribution in [0, 0.1) is 0 Å². The maximum atomic E-state index is 5.06. The highest BCUT2D eigenvalue weighted by Crippen LogP contribution is 2.30. The molecule has 1 N–H and O–H groups in total. The lowest BCUT2D eigenvalue weighted by Gasteiger charge is -2.36. The number of hydrogen-bond donors (Lipinski definition) is 1. The Labute approximate surface area is 84.1 Å². The van der Waals surface area contributed by atoms with Crippen molar-refractivity contribution >= 4 is 0 Å². The fraction of sp³-hybridized carbons (Fsp3) is 0.800. The van der Waals surface area contributed by atoms with Crippen LogP contribution < -0.4 is 5.32 Å². The number of rotatable bonds is 3. The molecule has 0 atom stereocenters. The van der Waals surface area contributed by atoms with Crippen LogP contribution >= 0.6 is 0 Å². The molecule has 78 valence electrons. The Bertz CT molecular complexity index is 265. The Morgan fingerprint density at radius 1 is 1.43 bits per heavy atom. The summed E-state index contributed by atoms with van der Waals surface area (Å²) in [5.74, 6) is 0.751. The highest BCUT2D eigenvalue weighted by atomic mass is 16.5. The maximum Gasteiger partial charge on any atom is 0.228 e. The molecule has 0 radical (unpaired) electrons. The molecule has 2 rings (SSSR count). The third-order valence-corrected chi connectivity index (χ3v) is 3.24. The highest BCUT2D eigenvalue weighted by molar-refractivity contribution is 4.96. The standard InChI is InChI=1S/C10H17N3O/c1-11-10(5-3-2-4-6-10)7-9-12-8-13-14-9/h8,11H,2-7H2,1H3. The van der Waals surface area contributed by atoms with Crippen LogP contribution in [0.3, 0.4) is 0 Å². The van der Waals surface area contributed by atoms with Crippen molar-refractivity contribution in [2.45, 2.75) is 44.1 Å². The molecule has 0 bridgehead atoms.